The number of nitrogens with one attached hydrogen (secondary N) is 1. The molecule has 3 atom stereocenters. The molecule has 0 aromatic rings. The van der Waals surface area contributed by atoms with E-state index in [0.717, 1.165) is 39.1 Å². The second-order valence-corrected chi connectivity index (χ2v) is 7.07. The van der Waals surface area contributed by atoms with Crippen LogP contribution in [0.15, 0.2) is 0 Å². The summed E-state index contributed by atoms with van der Waals surface area (Å²) in [6.07, 6.45) is 4.68. The van der Waals surface area contributed by atoms with Crippen LogP contribution in [0, 0.1) is 11.8 Å². The molecule has 0 aliphatic carbocycles. The zero-order valence-corrected chi connectivity index (χ0v) is 13.0. The lowest BCUT2D eigenvalue weighted by molar-refractivity contribution is -0.136. The molecule has 3 unspecified atom stereocenters. The summed E-state index contributed by atoms with van der Waals surface area (Å²) in [5, 5.41) is 3.43. The van der Waals surface area contributed by atoms with Crippen molar-refractivity contribution in [1.82, 2.24) is 15.1 Å². The van der Waals surface area contributed by atoms with Crippen LogP contribution in [0.1, 0.15) is 39.5 Å². The summed E-state index contributed by atoms with van der Waals surface area (Å²) in [6.45, 7) is 9.83. The van der Waals surface area contributed by atoms with Crippen molar-refractivity contribution in [3.05, 3.63) is 0 Å². The van der Waals surface area contributed by atoms with Crippen LogP contribution in [0.4, 0.5) is 0 Å². The monoisotopic (exact) mass is 279 g/mol. The second-order valence-electron chi connectivity index (χ2n) is 7.07. The first kappa shape index (κ1) is 14.3. The first-order valence-electron chi connectivity index (χ1n) is 8.42. The van der Waals surface area contributed by atoms with E-state index in [-0.39, 0.29) is 6.04 Å². The molecule has 0 aromatic heterocycles. The molecule has 0 bridgehead atoms. The quantitative estimate of drug-likeness (QED) is 0.828. The number of likely N-dealkylation sites (tertiary alicyclic amines) is 2. The van der Waals surface area contributed by atoms with E-state index in [2.05, 4.69) is 29.0 Å². The highest BCUT2D eigenvalue weighted by Gasteiger charge is 2.40. The molecule has 4 heteroatoms. The fourth-order valence-electron chi connectivity index (χ4n) is 4.15. The molecule has 3 rings (SSSR count). The van der Waals surface area contributed by atoms with E-state index in [1.54, 1.807) is 0 Å². The molecule has 4 nitrogen and oxygen atoms in total. The maximum absolute atomic E-state index is 12.9. The van der Waals surface area contributed by atoms with Crippen LogP contribution in [0.3, 0.4) is 0 Å². The molecule has 1 amide bonds. The van der Waals surface area contributed by atoms with Crippen LogP contribution >= 0.6 is 0 Å². The van der Waals surface area contributed by atoms with Gasteiger partial charge in [-0.05, 0) is 57.2 Å². The lowest BCUT2D eigenvalue weighted by atomic mass is 10.0. The number of rotatable bonds is 2. The average molecular weight is 279 g/mol. The molecule has 0 radical (unpaired) electrons. The highest BCUT2D eigenvalue weighted by atomic mass is 16.2. The van der Waals surface area contributed by atoms with E-state index in [1.807, 2.05) is 0 Å². The molecule has 3 aliphatic heterocycles. The van der Waals surface area contributed by atoms with Gasteiger partial charge in [-0.15, -0.1) is 0 Å². The van der Waals surface area contributed by atoms with Crippen molar-refractivity contribution in [3.8, 4) is 0 Å². The Kier molecular flexibility index (Phi) is 4.32. The zero-order valence-electron chi connectivity index (χ0n) is 13.0. The molecule has 0 aromatic carbocycles. The molecular formula is C16H29N3O. The molecule has 3 fully saturated rings. The van der Waals surface area contributed by atoms with Crippen molar-refractivity contribution < 1.29 is 4.79 Å². The summed E-state index contributed by atoms with van der Waals surface area (Å²) in [5.74, 6) is 1.73. The molecule has 0 spiro atoms. The molecule has 3 aliphatic rings. The summed E-state index contributed by atoms with van der Waals surface area (Å²) in [5.41, 5.74) is 0. The fourth-order valence-corrected chi connectivity index (χ4v) is 4.15. The van der Waals surface area contributed by atoms with Crippen LogP contribution in [0.25, 0.3) is 0 Å². The van der Waals surface area contributed by atoms with Crippen molar-refractivity contribution in [1.29, 1.82) is 0 Å². The first-order chi connectivity index (χ1) is 9.66. The van der Waals surface area contributed by atoms with Gasteiger partial charge in [-0.1, -0.05) is 13.8 Å². The number of amides is 1. The predicted molar refractivity (Wildman–Crippen MR) is 80.5 cm³/mol. The van der Waals surface area contributed by atoms with E-state index in [9.17, 15) is 4.79 Å². The van der Waals surface area contributed by atoms with Gasteiger partial charge in [0, 0.05) is 19.1 Å². The number of hydrogen-bond donors (Lipinski definition) is 1. The summed E-state index contributed by atoms with van der Waals surface area (Å²) in [6, 6.07) is 0.806. The second kappa shape index (κ2) is 6.02. The third-order valence-electron chi connectivity index (χ3n) is 5.66. The van der Waals surface area contributed by atoms with Crippen molar-refractivity contribution in [2.75, 3.05) is 32.7 Å². The molecule has 1 N–H and O–H groups in total. The number of carbonyl (C=O) groups excluding carboxylic acids is 1. The summed E-state index contributed by atoms with van der Waals surface area (Å²) >= 11 is 0. The highest BCUT2D eigenvalue weighted by molar-refractivity contribution is 5.82. The smallest absolute Gasteiger partial charge is 0.239 e. The average Bonchev–Trinajstić information content (AvgIpc) is 3.07. The molecule has 0 saturated carbocycles. The Morgan fingerprint density at radius 1 is 1.05 bits per heavy atom. The molecule has 3 heterocycles. The molecule has 3 saturated heterocycles. The molecule has 20 heavy (non-hydrogen) atoms. The highest BCUT2D eigenvalue weighted by Crippen LogP contribution is 2.29. The van der Waals surface area contributed by atoms with E-state index in [0.29, 0.717) is 23.8 Å². The summed E-state index contributed by atoms with van der Waals surface area (Å²) in [4.78, 5) is 17.5. The SMILES string of the molecule is CC1CN(C(=O)C2CCCN2C2CCNCC2)CC1C. The number of hydrogen-bond acceptors (Lipinski definition) is 3. The topological polar surface area (TPSA) is 35.6 Å². The van der Waals surface area contributed by atoms with Crippen molar-refractivity contribution in [3.63, 3.8) is 0 Å². The Bertz CT molecular complexity index is 344. The minimum Gasteiger partial charge on any atom is -0.341 e. The standard InChI is InChI=1S/C16H29N3O/c1-12-10-18(11-13(12)2)16(20)15-4-3-9-19(15)14-5-7-17-8-6-14/h12-15,17H,3-11H2,1-2H3. The van der Waals surface area contributed by atoms with Gasteiger partial charge in [-0.3, -0.25) is 9.69 Å². The Morgan fingerprint density at radius 3 is 2.35 bits per heavy atom. The number of carbonyl (C=O) groups is 1. The lowest BCUT2D eigenvalue weighted by Gasteiger charge is -2.36. The minimum absolute atomic E-state index is 0.176. The van der Waals surface area contributed by atoms with Crippen LogP contribution < -0.4 is 5.32 Å². The van der Waals surface area contributed by atoms with Crippen LogP contribution in [0.5, 0.6) is 0 Å². The third kappa shape index (κ3) is 2.73. The molecular weight excluding hydrogens is 250 g/mol. The van der Waals surface area contributed by atoms with Crippen LogP contribution in [-0.4, -0.2) is 60.5 Å². The van der Waals surface area contributed by atoms with Gasteiger partial charge in [0.15, 0.2) is 0 Å². The van der Waals surface area contributed by atoms with E-state index in [1.165, 1.54) is 19.3 Å². The maximum atomic E-state index is 12.9. The van der Waals surface area contributed by atoms with Crippen molar-refractivity contribution in [2.45, 2.75) is 51.6 Å². The van der Waals surface area contributed by atoms with E-state index in [4.69, 9.17) is 0 Å². The number of piperidine rings is 1. The van der Waals surface area contributed by atoms with Gasteiger partial charge in [0.1, 0.15) is 0 Å². The number of nitrogens with zero attached hydrogens (tertiary/aromatic N) is 2. The van der Waals surface area contributed by atoms with Gasteiger partial charge in [0.2, 0.25) is 5.91 Å². The maximum Gasteiger partial charge on any atom is 0.239 e. The van der Waals surface area contributed by atoms with E-state index < -0.39 is 0 Å². The van der Waals surface area contributed by atoms with Crippen molar-refractivity contribution >= 4 is 5.91 Å². The van der Waals surface area contributed by atoms with Crippen molar-refractivity contribution in [2.24, 2.45) is 11.8 Å². The Morgan fingerprint density at radius 2 is 1.70 bits per heavy atom. The first-order valence-corrected chi connectivity index (χ1v) is 8.42. The molecule has 114 valence electrons. The third-order valence-corrected chi connectivity index (χ3v) is 5.66. The Hall–Kier alpha value is -0.610. The van der Waals surface area contributed by atoms with Gasteiger partial charge in [0.25, 0.3) is 0 Å². The predicted octanol–water partition coefficient (Wildman–Crippen LogP) is 1.32. The Labute approximate surface area is 122 Å². The minimum atomic E-state index is 0.176. The van der Waals surface area contributed by atoms with Gasteiger partial charge in [0.05, 0.1) is 6.04 Å². The fraction of sp³-hybridized carbons (Fsp3) is 0.938. The normalized spacial score (nSPS) is 36.7. The zero-order chi connectivity index (χ0) is 14.1. The van der Waals surface area contributed by atoms with Gasteiger partial charge < -0.3 is 10.2 Å². The van der Waals surface area contributed by atoms with Gasteiger partial charge in [-0.25, -0.2) is 0 Å². The van der Waals surface area contributed by atoms with Gasteiger partial charge >= 0.3 is 0 Å². The lowest BCUT2D eigenvalue weighted by Crippen LogP contribution is -2.51. The van der Waals surface area contributed by atoms with Crippen LogP contribution in [-0.2, 0) is 4.79 Å². The van der Waals surface area contributed by atoms with E-state index >= 15 is 0 Å². The summed E-state index contributed by atoms with van der Waals surface area (Å²) < 4.78 is 0. The van der Waals surface area contributed by atoms with Crippen LogP contribution in [0.2, 0.25) is 0 Å². The van der Waals surface area contributed by atoms with Gasteiger partial charge in [-0.2, -0.15) is 0 Å². The summed E-state index contributed by atoms with van der Waals surface area (Å²) in [7, 11) is 0. The Balaban J connectivity index is 1.64. The largest absolute Gasteiger partial charge is 0.341 e.